The highest BCUT2D eigenvalue weighted by molar-refractivity contribution is 5.84. The lowest BCUT2D eigenvalue weighted by molar-refractivity contribution is 0.474. The molecular formula is C27H27N3O2. The topological polar surface area (TPSA) is 78.1 Å². The van der Waals surface area contributed by atoms with Crippen LogP contribution in [0, 0.1) is 0 Å². The third kappa shape index (κ3) is 4.15. The molecule has 32 heavy (non-hydrogen) atoms. The number of aliphatic imine (C=N–C) groups is 2. The minimum Gasteiger partial charge on any atom is -0.507 e. The Morgan fingerprint density at radius 3 is 1.66 bits per heavy atom. The van der Waals surface area contributed by atoms with E-state index < -0.39 is 0 Å². The fourth-order valence-electron chi connectivity index (χ4n) is 4.68. The van der Waals surface area contributed by atoms with E-state index in [0.29, 0.717) is 0 Å². The lowest BCUT2D eigenvalue weighted by Crippen LogP contribution is -2.18. The summed E-state index contributed by atoms with van der Waals surface area (Å²) in [5.41, 5.74) is 6.13. The first-order valence-electron chi connectivity index (χ1n) is 11.3. The molecule has 2 unspecified atom stereocenters. The van der Waals surface area contributed by atoms with Gasteiger partial charge in [-0.2, -0.15) is 0 Å². The maximum atomic E-state index is 10.1. The molecule has 1 aromatic heterocycles. The fraction of sp³-hybridized carbons (Fsp3) is 0.296. The Bertz CT molecular complexity index is 1100. The summed E-state index contributed by atoms with van der Waals surface area (Å²) >= 11 is 0. The van der Waals surface area contributed by atoms with E-state index in [2.05, 4.69) is 6.07 Å². The summed E-state index contributed by atoms with van der Waals surface area (Å²) in [6, 6.07) is 16.8. The van der Waals surface area contributed by atoms with Gasteiger partial charge in [0.25, 0.3) is 0 Å². The Morgan fingerprint density at radius 2 is 1.19 bits per heavy atom. The highest BCUT2D eigenvalue weighted by Gasteiger charge is 2.27. The van der Waals surface area contributed by atoms with Gasteiger partial charge in [-0.15, -0.1) is 0 Å². The van der Waals surface area contributed by atoms with E-state index in [1.54, 1.807) is 24.6 Å². The number of hydrogen-bond donors (Lipinski definition) is 2. The Morgan fingerprint density at radius 1 is 0.719 bits per heavy atom. The van der Waals surface area contributed by atoms with Gasteiger partial charge < -0.3 is 10.2 Å². The highest BCUT2D eigenvalue weighted by Crippen LogP contribution is 2.38. The summed E-state index contributed by atoms with van der Waals surface area (Å²) in [5, 5.41) is 20.1. The smallest absolute Gasteiger partial charge is 0.124 e. The Kier molecular flexibility index (Phi) is 5.71. The zero-order valence-electron chi connectivity index (χ0n) is 18.0. The standard InChI is InChI=1S/C27H27N3O2/c31-24-13-3-1-7-20(24)16-28-22-11-5-9-18-15-19-10-6-12-23(27(19)30-26(18)22)29-17-21-8-2-4-14-25(21)32/h1-4,7-8,13-17,22-23,31-32H,5-6,9-12H2/b28-16+,29-17+. The number of fused-ring (bicyclic) bond motifs is 2. The van der Waals surface area contributed by atoms with Crippen molar-refractivity contribution in [1.29, 1.82) is 0 Å². The third-order valence-corrected chi connectivity index (χ3v) is 6.39. The van der Waals surface area contributed by atoms with Gasteiger partial charge in [0, 0.05) is 23.6 Å². The van der Waals surface area contributed by atoms with E-state index in [9.17, 15) is 10.2 Å². The normalized spacial score (nSPS) is 20.4. The molecule has 0 radical (unpaired) electrons. The molecule has 2 aliphatic carbocycles. The minimum atomic E-state index is -0.00613. The van der Waals surface area contributed by atoms with Crippen molar-refractivity contribution in [3.63, 3.8) is 0 Å². The Labute approximate surface area is 188 Å². The quantitative estimate of drug-likeness (QED) is 0.543. The van der Waals surface area contributed by atoms with Crippen molar-refractivity contribution >= 4 is 12.4 Å². The van der Waals surface area contributed by atoms with E-state index in [4.69, 9.17) is 15.0 Å². The van der Waals surface area contributed by atoms with Crippen molar-refractivity contribution < 1.29 is 10.2 Å². The number of para-hydroxylation sites is 2. The van der Waals surface area contributed by atoms with E-state index in [1.807, 2.05) is 36.4 Å². The zero-order chi connectivity index (χ0) is 21.9. The second-order valence-corrected chi connectivity index (χ2v) is 8.57. The summed E-state index contributed by atoms with van der Waals surface area (Å²) < 4.78 is 0. The van der Waals surface area contributed by atoms with E-state index in [0.717, 1.165) is 61.0 Å². The molecule has 0 saturated heterocycles. The van der Waals surface area contributed by atoms with Gasteiger partial charge in [-0.05, 0) is 73.9 Å². The largest absolute Gasteiger partial charge is 0.507 e. The molecule has 0 bridgehead atoms. The Balaban J connectivity index is 1.46. The van der Waals surface area contributed by atoms with E-state index in [-0.39, 0.29) is 23.6 Å². The number of pyridine rings is 1. The number of aryl methyl sites for hydroxylation is 2. The summed E-state index contributed by atoms with van der Waals surface area (Å²) in [6.45, 7) is 0. The van der Waals surface area contributed by atoms with Gasteiger partial charge in [0.15, 0.2) is 0 Å². The van der Waals surface area contributed by atoms with Gasteiger partial charge in [0.1, 0.15) is 11.5 Å². The lowest BCUT2D eigenvalue weighted by atomic mass is 9.85. The predicted octanol–water partition coefficient (Wildman–Crippen LogP) is 5.49. The van der Waals surface area contributed by atoms with Crippen LogP contribution in [0.1, 0.15) is 71.4 Å². The highest BCUT2D eigenvalue weighted by atomic mass is 16.3. The lowest BCUT2D eigenvalue weighted by Gasteiger charge is -2.28. The molecule has 0 spiro atoms. The van der Waals surface area contributed by atoms with Crippen LogP contribution >= 0.6 is 0 Å². The van der Waals surface area contributed by atoms with Gasteiger partial charge in [-0.3, -0.25) is 15.0 Å². The zero-order valence-corrected chi connectivity index (χ0v) is 18.0. The van der Waals surface area contributed by atoms with Crippen molar-refractivity contribution in [3.8, 4) is 11.5 Å². The molecular weight excluding hydrogens is 398 g/mol. The Hall–Kier alpha value is -3.47. The minimum absolute atomic E-state index is 0.00613. The first kappa shape index (κ1) is 20.4. The van der Waals surface area contributed by atoms with Crippen LogP contribution in [0.2, 0.25) is 0 Å². The number of hydrogen-bond acceptors (Lipinski definition) is 5. The molecule has 5 nitrogen and oxygen atoms in total. The second kappa shape index (κ2) is 8.95. The maximum absolute atomic E-state index is 10.1. The van der Waals surface area contributed by atoms with Crippen LogP contribution in [-0.4, -0.2) is 27.6 Å². The predicted molar refractivity (Wildman–Crippen MR) is 127 cm³/mol. The number of phenols is 2. The van der Waals surface area contributed by atoms with Crippen molar-refractivity contribution in [1.82, 2.24) is 4.98 Å². The fourth-order valence-corrected chi connectivity index (χ4v) is 4.68. The van der Waals surface area contributed by atoms with E-state index in [1.165, 1.54) is 11.1 Å². The van der Waals surface area contributed by atoms with Crippen LogP contribution in [0.15, 0.2) is 64.6 Å². The summed E-state index contributed by atoms with van der Waals surface area (Å²) in [5.74, 6) is 0.480. The van der Waals surface area contributed by atoms with Crippen molar-refractivity contribution in [2.24, 2.45) is 9.98 Å². The molecule has 1 heterocycles. The number of nitrogens with zero attached hydrogens (tertiary/aromatic N) is 3. The van der Waals surface area contributed by atoms with Gasteiger partial charge >= 0.3 is 0 Å². The number of phenolic OH excluding ortho intramolecular Hbond substituents is 2. The van der Waals surface area contributed by atoms with Gasteiger partial charge in [-0.1, -0.05) is 30.3 Å². The molecule has 2 aliphatic rings. The van der Waals surface area contributed by atoms with Crippen LogP contribution in [0.3, 0.4) is 0 Å². The monoisotopic (exact) mass is 425 g/mol. The van der Waals surface area contributed by atoms with Crippen molar-refractivity contribution in [2.75, 3.05) is 0 Å². The maximum Gasteiger partial charge on any atom is 0.124 e. The first-order valence-corrected chi connectivity index (χ1v) is 11.3. The van der Waals surface area contributed by atoms with E-state index >= 15 is 0 Å². The van der Waals surface area contributed by atoms with Gasteiger partial charge in [0.2, 0.25) is 0 Å². The molecule has 5 rings (SSSR count). The molecule has 5 heteroatoms. The summed E-state index contributed by atoms with van der Waals surface area (Å²) in [6.07, 6.45) is 9.68. The number of aromatic nitrogens is 1. The van der Waals surface area contributed by atoms with Crippen LogP contribution in [-0.2, 0) is 12.8 Å². The van der Waals surface area contributed by atoms with Gasteiger partial charge in [0.05, 0.1) is 23.5 Å². The summed E-state index contributed by atoms with van der Waals surface area (Å²) in [4.78, 5) is 14.8. The van der Waals surface area contributed by atoms with Crippen LogP contribution < -0.4 is 0 Å². The molecule has 2 aromatic carbocycles. The summed E-state index contributed by atoms with van der Waals surface area (Å²) in [7, 11) is 0. The molecule has 162 valence electrons. The molecule has 0 fully saturated rings. The SMILES string of the molecule is Oc1ccccc1/C=N/C1CCCc2cc3c(nc21)C(/N=C/c1ccccc1O)CCC3. The molecule has 3 aromatic rings. The molecule has 2 atom stereocenters. The average molecular weight is 426 g/mol. The molecule has 0 saturated carbocycles. The number of benzene rings is 2. The average Bonchev–Trinajstić information content (AvgIpc) is 2.82. The van der Waals surface area contributed by atoms with Crippen LogP contribution in [0.5, 0.6) is 11.5 Å². The van der Waals surface area contributed by atoms with Crippen LogP contribution in [0.4, 0.5) is 0 Å². The molecule has 0 aliphatic heterocycles. The number of aromatic hydroxyl groups is 2. The van der Waals surface area contributed by atoms with Crippen molar-refractivity contribution in [3.05, 3.63) is 88.2 Å². The molecule has 2 N–H and O–H groups in total. The number of rotatable bonds is 4. The van der Waals surface area contributed by atoms with Gasteiger partial charge in [-0.25, -0.2) is 0 Å². The first-order chi connectivity index (χ1) is 15.7. The second-order valence-electron chi connectivity index (χ2n) is 8.57. The third-order valence-electron chi connectivity index (χ3n) is 6.39. The van der Waals surface area contributed by atoms with Crippen LogP contribution in [0.25, 0.3) is 0 Å². The molecule has 0 amide bonds. The van der Waals surface area contributed by atoms with Crippen molar-refractivity contribution in [2.45, 2.75) is 50.6 Å².